The minimum atomic E-state index is -0.192. The van der Waals surface area contributed by atoms with Gasteiger partial charge in [-0.1, -0.05) is 13.0 Å². The topological polar surface area (TPSA) is 112 Å². The van der Waals surface area contributed by atoms with Gasteiger partial charge in [-0.05, 0) is 73.1 Å². The zero-order valence-electron chi connectivity index (χ0n) is 17.0. The van der Waals surface area contributed by atoms with Gasteiger partial charge in [0.15, 0.2) is 11.2 Å². The van der Waals surface area contributed by atoms with E-state index in [4.69, 9.17) is 0 Å². The Hall–Kier alpha value is -2.96. The number of fused-ring (bicyclic) bond motifs is 6. The summed E-state index contributed by atoms with van der Waals surface area (Å²) in [5.74, 6) is 2.78. The lowest BCUT2D eigenvalue weighted by Crippen LogP contribution is -2.42. The van der Waals surface area contributed by atoms with Crippen LogP contribution in [0.2, 0.25) is 0 Å². The third-order valence-corrected chi connectivity index (χ3v) is 7.65. The van der Waals surface area contributed by atoms with Crippen molar-refractivity contribution in [1.29, 1.82) is 0 Å². The number of carbonyl (C=O) groups is 1. The van der Waals surface area contributed by atoms with E-state index in [1.54, 1.807) is 0 Å². The quantitative estimate of drug-likeness (QED) is 0.529. The van der Waals surface area contributed by atoms with E-state index in [1.165, 1.54) is 30.2 Å². The summed E-state index contributed by atoms with van der Waals surface area (Å²) in [6.07, 6.45) is 9.11. The molecule has 3 aromatic rings. The molecule has 0 aliphatic heterocycles. The fraction of sp³-hybridized carbons (Fsp3) is 0.478. The Labute approximate surface area is 174 Å². The Balaban J connectivity index is 0.000000161. The summed E-state index contributed by atoms with van der Waals surface area (Å²) in [5, 5.41) is 9.67. The average Bonchev–Trinajstić information content (AvgIpc) is 3.34. The van der Waals surface area contributed by atoms with Gasteiger partial charge in [-0.3, -0.25) is 9.59 Å². The first-order valence-corrected chi connectivity index (χ1v) is 10.7. The molecule has 0 unspecified atom stereocenters. The molecule has 7 nitrogen and oxygen atoms in total. The predicted molar refractivity (Wildman–Crippen MR) is 112 cm³/mol. The number of phenols is 1. The highest BCUT2D eigenvalue weighted by atomic mass is 16.3. The number of hydrogen-bond acceptors (Lipinski definition) is 5. The van der Waals surface area contributed by atoms with E-state index in [-0.39, 0.29) is 11.0 Å². The Kier molecular flexibility index (Phi) is 4.49. The number of carbonyl (C=O) groups excluding carboxylic acids is 1. The second-order valence-electron chi connectivity index (χ2n) is 9.05. The van der Waals surface area contributed by atoms with Gasteiger partial charge < -0.3 is 15.1 Å². The Bertz CT molecular complexity index is 1170. The number of imidazole rings is 1. The van der Waals surface area contributed by atoms with Gasteiger partial charge in [0, 0.05) is 11.8 Å². The maximum absolute atomic E-state index is 12.3. The first-order chi connectivity index (χ1) is 14.5. The van der Waals surface area contributed by atoms with Gasteiger partial charge in [0.05, 0.1) is 12.7 Å². The fourth-order valence-corrected chi connectivity index (χ4v) is 6.12. The summed E-state index contributed by atoms with van der Waals surface area (Å²) in [7, 11) is 0. The van der Waals surface area contributed by atoms with Crippen LogP contribution in [0.3, 0.4) is 0 Å². The van der Waals surface area contributed by atoms with E-state index in [2.05, 4.69) is 32.9 Å². The van der Waals surface area contributed by atoms with Crippen LogP contribution in [0.25, 0.3) is 11.2 Å². The predicted octanol–water partition coefficient (Wildman–Crippen LogP) is 3.46. The molecule has 2 aromatic heterocycles. The van der Waals surface area contributed by atoms with Crippen molar-refractivity contribution in [3.05, 3.63) is 52.3 Å². The molecular weight excluding hydrogens is 380 g/mol. The lowest BCUT2D eigenvalue weighted by molar-refractivity contribution is -0.129. The fourth-order valence-electron chi connectivity index (χ4n) is 6.12. The Morgan fingerprint density at radius 2 is 1.87 bits per heavy atom. The van der Waals surface area contributed by atoms with Gasteiger partial charge in [0.2, 0.25) is 0 Å². The number of H-pyrrole nitrogens is 2. The Morgan fingerprint density at radius 3 is 2.67 bits per heavy atom. The highest BCUT2D eigenvalue weighted by molar-refractivity contribution is 5.87. The summed E-state index contributed by atoms with van der Waals surface area (Å²) in [4.78, 5) is 35.8. The summed E-state index contributed by atoms with van der Waals surface area (Å²) in [6, 6.07) is 5.90. The number of Topliss-reactive ketones (excluding diaryl/α,β-unsaturated/α-hetero) is 1. The largest absolute Gasteiger partial charge is 0.508 e. The van der Waals surface area contributed by atoms with E-state index >= 15 is 0 Å². The van der Waals surface area contributed by atoms with Crippen molar-refractivity contribution in [3.8, 4) is 5.75 Å². The van der Waals surface area contributed by atoms with Gasteiger partial charge in [-0.15, -0.1) is 0 Å². The van der Waals surface area contributed by atoms with Crippen LogP contribution in [-0.4, -0.2) is 30.8 Å². The average molecular weight is 406 g/mol. The van der Waals surface area contributed by atoms with Crippen molar-refractivity contribution in [2.45, 2.75) is 51.4 Å². The van der Waals surface area contributed by atoms with E-state index in [0.717, 1.165) is 32.1 Å². The third-order valence-electron chi connectivity index (χ3n) is 7.65. The molecule has 4 atom stereocenters. The molecule has 2 saturated carbocycles. The first-order valence-electron chi connectivity index (χ1n) is 10.7. The minimum absolute atomic E-state index is 0.0322. The molecule has 30 heavy (non-hydrogen) atoms. The molecule has 7 heteroatoms. The van der Waals surface area contributed by atoms with E-state index < -0.39 is 0 Å². The smallest absolute Gasteiger partial charge is 0.276 e. The van der Waals surface area contributed by atoms with Crippen LogP contribution >= 0.6 is 0 Å². The minimum Gasteiger partial charge on any atom is -0.508 e. The Morgan fingerprint density at radius 1 is 1.07 bits per heavy atom. The maximum Gasteiger partial charge on any atom is 0.276 e. The third kappa shape index (κ3) is 2.95. The molecule has 0 bridgehead atoms. The van der Waals surface area contributed by atoms with Crippen LogP contribution < -0.4 is 5.56 Å². The number of benzene rings is 1. The van der Waals surface area contributed by atoms with Crippen LogP contribution in [0.4, 0.5) is 0 Å². The van der Waals surface area contributed by atoms with Crippen LogP contribution in [0.15, 0.2) is 35.6 Å². The summed E-state index contributed by atoms with van der Waals surface area (Å²) in [6.45, 7) is 2.22. The molecule has 2 heterocycles. The molecule has 156 valence electrons. The lowest BCUT2D eigenvalue weighted by Gasteiger charge is -2.48. The number of aryl methyl sites for hydroxylation is 1. The van der Waals surface area contributed by atoms with Crippen molar-refractivity contribution >= 4 is 16.9 Å². The van der Waals surface area contributed by atoms with Crippen molar-refractivity contribution in [3.63, 3.8) is 0 Å². The molecule has 2 fully saturated rings. The van der Waals surface area contributed by atoms with Crippen molar-refractivity contribution < 1.29 is 9.90 Å². The number of aromatic nitrogens is 4. The maximum atomic E-state index is 12.3. The molecule has 0 spiro atoms. The monoisotopic (exact) mass is 406 g/mol. The molecule has 3 N–H and O–H groups in total. The zero-order chi connectivity index (χ0) is 20.9. The van der Waals surface area contributed by atoms with Gasteiger partial charge in [-0.25, -0.2) is 9.97 Å². The number of aromatic amines is 2. The molecule has 1 aromatic carbocycles. The number of ketones is 1. The SMILES string of the molecule is C[C@]12CC[C@@H]3c4ccc(O)cc4CC[C@H]3[C@@H]1CCC2=O.O=c1[nH]cnc2nc[nH]c12. The number of hydrogen-bond donors (Lipinski definition) is 3. The number of nitrogens with zero attached hydrogens (tertiary/aromatic N) is 2. The molecule has 0 saturated heterocycles. The zero-order valence-corrected chi connectivity index (χ0v) is 17.0. The second-order valence-corrected chi connectivity index (χ2v) is 9.05. The molecule has 0 radical (unpaired) electrons. The highest BCUT2D eigenvalue weighted by Crippen LogP contribution is 2.59. The van der Waals surface area contributed by atoms with Crippen molar-refractivity contribution in [1.82, 2.24) is 19.9 Å². The second kappa shape index (κ2) is 7.07. The molecular formula is C23H26N4O3. The summed E-state index contributed by atoms with van der Waals surface area (Å²) < 4.78 is 0. The van der Waals surface area contributed by atoms with Gasteiger partial charge in [0.25, 0.3) is 5.56 Å². The highest BCUT2D eigenvalue weighted by Gasteiger charge is 2.54. The van der Waals surface area contributed by atoms with Crippen LogP contribution in [0.5, 0.6) is 5.75 Å². The molecule has 3 aliphatic rings. The number of rotatable bonds is 0. The lowest BCUT2D eigenvalue weighted by atomic mass is 9.55. The van der Waals surface area contributed by atoms with Crippen molar-refractivity contribution in [2.75, 3.05) is 0 Å². The van der Waals surface area contributed by atoms with Gasteiger partial charge >= 0.3 is 0 Å². The normalized spacial score (nSPS) is 29.5. The summed E-state index contributed by atoms with van der Waals surface area (Å²) in [5.41, 5.74) is 3.42. The van der Waals surface area contributed by atoms with Crippen LogP contribution in [0, 0.1) is 17.3 Å². The van der Waals surface area contributed by atoms with E-state index in [0.29, 0.717) is 40.5 Å². The number of nitrogens with one attached hydrogen (secondary N) is 2. The van der Waals surface area contributed by atoms with Crippen molar-refractivity contribution in [2.24, 2.45) is 17.3 Å². The number of aromatic hydroxyl groups is 1. The molecule has 6 rings (SSSR count). The van der Waals surface area contributed by atoms with E-state index in [1.807, 2.05) is 12.1 Å². The van der Waals surface area contributed by atoms with Crippen LogP contribution in [0.1, 0.15) is 56.1 Å². The van der Waals surface area contributed by atoms with Crippen LogP contribution in [-0.2, 0) is 11.2 Å². The van der Waals surface area contributed by atoms with E-state index in [9.17, 15) is 14.7 Å². The standard InChI is InChI=1S/C18H22O2.C5H4N4O/c1-18-9-8-14-13-5-3-12(19)10-11(13)2-4-15(14)16(18)6-7-17(18)20;10-5-3-4(7-1-6-3)8-2-9-5/h3,5,10,14-16,19H,2,4,6-9H2,1H3;1-2H,(H2,6,7,8,9,10)/t14-,15-,16+,18+;/m1./s1. The van der Waals surface area contributed by atoms with Gasteiger partial charge in [0.1, 0.15) is 11.5 Å². The summed E-state index contributed by atoms with van der Waals surface area (Å²) >= 11 is 0. The first kappa shape index (κ1) is 19.0. The molecule has 0 amide bonds. The number of phenolic OH excluding ortho intramolecular Hbond substituents is 1. The van der Waals surface area contributed by atoms with Gasteiger partial charge in [-0.2, -0.15) is 0 Å². The molecule has 3 aliphatic carbocycles.